The first kappa shape index (κ1) is 19.7. The molecule has 1 aliphatic rings. The summed E-state index contributed by atoms with van der Waals surface area (Å²) in [5, 5.41) is 7.52. The normalized spacial score (nSPS) is 17.0. The van der Waals surface area contributed by atoms with E-state index in [4.69, 9.17) is 9.15 Å². The van der Waals surface area contributed by atoms with Crippen LogP contribution in [0.5, 0.6) is 0 Å². The highest BCUT2D eigenvalue weighted by Crippen LogP contribution is 2.29. The van der Waals surface area contributed by atoms with Crippen molar-refractivity contribution in [1.29, 1.82) is 0 Å². The summed E-state index contributed by atoms with van der Waals surface area (Å²) in [6.45, 7) is 3.06. The van der Waals surface area contributed by atoms with E-state index in [1.807, 2.05) is 17.3 Å². The van der Waals surface area contributed by atoms with Crippen LogP contribution in [0.3, 0.4) is 0 Å². The maximum Gasteiger partial charge on any atom is 0.338 e. The van der Waals surface area contributed by atoms with Crippen molar-refractivity contribution in [3.05, 3.63) is 56.2 Å². The molecular formula is C18H20BrN3O4S. The SMILES string of the molecule is CCOC(=O)C1=C(CN(C)Cc2cc(Br)cs2)NC(=O)NC1c1ccco1. The van der Waals surface area contributed by atoms with Crippen LogP contribution in [0.2, 0.25) is 0 Å². The Bertz CT molecular complexity index is 847. The van der Waals surface area contributed by atoms with E-state index in [2.05, 4.69) is 32.6 Å². The maximum atomic E-state index is 12.6. The Balaban J connectivity index is 1.89. The number of thiophene rings is 1. The molecule has 0 fully saturated rings. The first-order valence-corrected chi connectivity index (χ1v) is 10.1. The summed E-state index contributed by atoms with van der Waals surface area (Å²) >= 11 is 5.09. The van der Waals surface area contributed by atoms with Crippen molar-refractivity contribution in [2.24, 2.45) is 0 Å². The van der Waals surface area contributed by atoms with E-state index in [1.165, 1.54) is 11.1 Å². The zero-order valence-corrected chi connectivity index (χ0v) is 17.4. The molecule has 3 rings (SSSR count). The smallest absolute Gasteiger partial charge is 0.338 e. The van der Waals surface area contributed by atoms with Crippen LogP contribution in [-0.4, -0.2) is 37.1 Å². The first-order chi connectivity index (χ1) is 13.0. The molecule has 0 aromatic carbocycles. The van der Waals surface area contributed by atoms with Gasteiger partial charge in [0.15, 0.2) is 0 Å². The van der Waals surface area contributed by atoms with Gasteiger partial charge in [0.2, 0.25) is 0 Å². The van der Waals surface area contributed by atoms with Gasteiger partial charge in [-0.25, -0.2) is 9.59 Å². The number of furan rings is 1. The third-order valence-electron chi connectivity index (χ3n) is 3.95. The maximum absolute atomic E-state index is 12.6. The fourth-order valence-electron chi connectivity index (χ4n) is 2.89. The summed E-state index contributed by atoms with van der Waals surface area (Å²) in [6.07, 6.45) is 1.51. The van der Waals surface area contributed by atoms with Crippen molar-refractivity contribution in [2.45, 2.75) is 19.5 Å². The number of likely N-dealkylation sites (N-methyl/N-ethyl adjacent to an activating group) is 1. The molecule has 0 saturated heterocycles. The molecule has 3 heterocycles. The van der Waals surface area contributed by atoms with Gasteiger partial charge in [-0.3, -0.25) is 4.90 Å². The van der Waals surface area contributed by atoms with Crippen molar-refractivity contribution in [1.82, 2.24) is 15.5 Å². The monoisotopic (exact) mass is 453 g/mol. The second-order valence-electron chi connectivity index (χ2n) is 6.06. The molecule has 2 aromatic rings. The zero-order valence-electron chi connectivity index (χ0n) is 15.0. The lowest BCUT2D eigenvalue weighted by atomic mass is 10.00. The fraction of sp³-hybridized carbons (Fsp3) is 0.333. The highest BCUT2D eigenvalue weighted by atomic mass is 79.9. The predicted octanol–water partition coefficient (Wildman–Crippen LogP) is 3.41. The summed E-state index contributed by atoms with van der Waals surface area (Å²) in [5.74, 6) is 0.00362. The number of carbonyl (C=O) groups is 2. The number of hydrogen-bond acceptors (Lipinski definition) is 6. The standard InChI is InChI=1S/C18H20BrN3O4S/c1-3-25-17(23)15-13(9-22(2)8-12-7-11(19)10-27-12)20-18(24)21-16(15)14-5-4-6-26-14/h4-7,10,16H,3,8-9H2,1-2H3,(H2,20,21,24). The highest BCUT2D eigenvalue weighted by Gasteiger charge is 2.35. The number of halogens is 1. The molecule has 0 aliphatic carbocycles. The Morgan fingerprint density at radius 3 is 2.89 bits per heavy atom. The lowest BCUT2D eigenvalue weighted by molar-refractivity contribution is -0.139. The molecule has 9 heteroatoms. The summed E-state index contributed by atoms with van der Waals surface area (Å²) in [4.78, 5) is 28.0. The largest absolute Gasteiger partial charge is 0.467 e. The van der Waals surface area contributed by atoms with Crippen molar-refractivity contribution in [3.63, 3.8) is 0 Å². The molecule has 7 nitrogen and oxygen atoms in total. The van der Waals surface area contributed by atoms with Crippen LogP contribution in [0.4, 0.5) is 4.79 Å². The van der Waals surface area contributed by atoms with Crippen LogP contribution >= 0.6 is 27.3 Å². The summed E-state index contributed by atoms with van der Waals surface area (Å²) < 4.78 is 11.7. The van der Waals surface area contributed by atoms with Gasteiger partial charge in [0.1, 0.15) is 11.8 Å². The van der Waals surface area contributed by atoms with Gasteiger partial charge >= 0.3 is 12.0 Å². The molecule has 2 amide bonds. The van der Waals surface area contributed by atoms with Gasteiger partial charge in [-0.15, -0.1) is 11.3 Å². The summed E-state index contributed by atoms with van der Waals surface area (Å²) in [5.41, 5.74) is 0.863. The van der Waals surface area contributed by atoms with Gasteiger partial charge in [-0.1, -0.05) is 0 Å². The van der Waals surface area contributed by atoms with Crippen molar-refractivity contribution in [3.8, 4) is 0 Å². The van der Waals surface area contributed by atoms with Crippen LogP contribution < -0.4 is 10.6 Å². The van der Waals surface area contributed by atoms with Crippen molar-refractivity contribution < 1.29 is 18.7 Å². The molecule has 0 bridgehead atoms. The minimum atomic E-state index is -0.688. The van der Waals surface area contributed by atoms with Gasteiger partial charge in [-0.05, 0) is 48.1 Å². The Labute approximate surface area is 169 Å². The fourth-order valence-corrected chi connectivity index (χ4v) is 4.42. The topological polar surface area (TPSA) is 83.8 Å². The Morgan fingerprint density at radius 2 is 2.26 bits per heavy atom. The molecular weight excluding hydrogens is 434 g/mol. The third kappa shape index (κ3) is 4.79. The Morgan fingerprint density at radius 1 is 1.44 bits per heavy atom. The molecule has 1 atom stereocenters. The minimum absolute atomic E-state index is 0.244. The van der Waals surface area contributed by atoms with Crippen LogP contribution in [0.1, 0.15) is 23.6 Å². The number of nitrogens with one attached hydrogen (secondary N) is 2. The van der Waals surface area contributed by atoms with E-state index in [1.54, 1.807) is 30.4 Å². The van der Waals surface area contributed by atoms with Gasteiger partial charge in [0, 0.05) is 33.5 Å². The van der Waals surface area contributed by atoms with E-state index in [-0.39, 0.29) is 12.6 Å². The van der Waals surface area contributed by atoms with Crippen LogP contribution in [-0.2, 0) is 16.1 Å². The minimum Gasteiger partial charge on any atom is -0.467 e. The van der Waals surface area contributed by atoms with Crippen LogP contribution in [0.25, 0.3) is 0 Å². The first-order valence-electron chi connectivity index (χ1n) is 8.40. The number of carbonyl (C=O) groups excluding carboxylic acids is 2. The molecule has 1 aliphatic heterocycles. The van der Waals surface area contributed by atoms with Gasteiger partial charge in [0.25, 0.3) is 0 Å². The van der Waals surface area contributed by atoms with Crippen LogP contribution in [0, 0.1) is 0 Å². The quantitative estimate of drug-likeness (QED) is 0.627. The second-order valence-corrected chi connectivity index (χ2v) is 7.97. The number of urea groups is 1. The average Bonchev–Trinajstić information content (AvgIpc) is 3.26. The number of esters is 1. The number of nitrogens with zero attached hydrogens (tertiary/aromatic N) is 1. The molecule has 0 saturated carbocycles. The van der Waals surface area contributed by atoms with E-state index in [9.17, 15) is 9.59 Å². The lowest BCUT2D eigenvalue weighted by Gasteiger charge is -2.29. The lowest BCUT2D eigenvalue weighted by Crippen LogP contribution is -2.48. The molecule has 144 valence electrons. The predicted molar refractivity (Wildman–Crippen MR) is 105 cm³/mol. The second kappa shape index (κ2) is 8.73. The molecule has 0 radical (unpaired) electrons. The number of rotatable bonds is 7. The average molecular weight is 454 g/mol. The van der Waals surface area contributed by atoms with E-state index >= 15 is 0 Å². The summed E-state index contributed by atoms with van der Waals surface area (Å²) in [6, 6.07) is 4.42. The van der Waals surface area contributed by atoms with Gasteiger partial charge in [-0.2, -0.15) is 0 Å². The molecule has 2 aromatic heterocycles. The zero-order chi connectivity index (χ0) is 19.4. The molecule has 27 heavy (non-hydrogen) atoms. The van der Waals surface area contributed by atoms with Gasteiger partial charge < -0.3 is 19.8 Å². The Kier molecular flexibility index (Phi) is 6.35. The van der Waals surface area contributed by atoms with Crippen LogP contribution in [0.15, 0.2) is 50.0 Å². The molecule has 0 spiro atoms. The van der Waals surface area contributed by atoms with Crippen molar-refractivity contribution >= 4 is 39.3 Å². The molecule has 2 N–H and O–H groups in total. The number of hydrogen-bond donors (Lipinski definition) is 2. The number of ether oxygens (including phenoxy) is 1. The van der Waals surface area contributed by atoms with Gasteiger partial charge in [0.05, 0.1) is 18.4 Å². The van der Waals surface area contributed by atoms with Crippen molar-refractivity contribution in [2.75, 3.05) is 20.2 Å². The van der Waals surface area contributed by atoms with E-state index in [0.717, 1.165) is 4.47 Å². The van der Waals surface area contributed by atoms with E-state index in [0.29, 0.717) is 30.1 Å². The molecule has 1 unspecified atom stereocenters. The summed E-state index contributed by atoms with van der Waals surface area (Å²) in [7, 11) is 1.93. The van der Waals surface area contributed by atoms with E-state index < -0.39 is 12.0 Å². The highest BCUT2D eigenvalue weighted by molar-refractivity contribution is 9.10. The Hall–Kier alpha value is -2.10. The third-order valence-corrected chi connectivity index (χ3v) is 5.63. The number of amides is 2.